The molecule has 0 unspecified atom stereocenters. The lowest BCUT2D eigenvalue weighted by Crippen LogP contribution is -1.88. The van der Waals surface area contributed by atoms with E-state index in [4.69, 9.17) is 16.3 Å². The van der Waals surface area contributed by atoms with E-state index in [1.165, 1.54) is 18.2 Å². The zero-order valence-electron chi connectivity index (χ0n) is 9.09. The highest BCUT2D eigenvalue weighted by Crippen LogP contribution is 2.32. The maximum Gasteiger partial charge on any atom is 0.142 e. The van der Waals surface area contributed by atoms with Gasteiger partial charge in [0, 0.05) is 11.4 Å². The Morgan fingerprint density at radius 2 is 1.94 bits per heavy atom. The Labute approximate surface area is 126 Å². The zero-order chi connectivity index (χ0) is 13.1. The van der Waals surface area contributed by atoms with Gasteiger partial charge in [0.1, 0.15) is 17.3 Å². The van der Waals surface area contributed by atoms with Crippen LogP contribution in [0.4, 0.5) is 4.39 Å². The van der Waals surface area contributed by atoms with Crippen molar-refractivity contribution in [1.29, 1.82) is 0 Å². The molecule has 2 aromatic rings. The third-order valence-electron chi connectivity index (χ3n) is 2.27. The molecular weight excluding hydrogens is 386 g/mol. The minimum atomic E-state index is -0.460. The zero-order valence-corrected chi connectivity index (χ0v) is 13.0. The van der Waals surface area contributed by atoms with E-state index >= 15 is 0 Å². The molecule has 0 aliphatic carbocycles. The van der Waals surface area contributed by atoms with E-state index in [9.17, 15) is 4.39 Å². The van der Waals surface area contributed by atoms with E-state index in [-0.39, 0.29) is 5.02 Å². The Balaban J connectivity index is 2.25. The molecule has 0 saturated heterocycles. The van der Waals surface area contributed by atoms with Gasteiger partial charge < -0.3 is 4.74 Å². The van der Waals surface area contributed by atoms with Crippen molar-refractivity contribution >= 4 is 43.5 Å². The lowest BCUT2D eigenvalue weighted by atomic mass is 10.2. The van der Waals surface area contributed by atoms with E-state index in [2.05, 4.69) is 31.9 Å². The molecule has 2 rings (SSSR count). The van der Waals surface area contributed by atoms with Gasteiger partial charge in [-0.05, 0) is 45.8 Å². The van der Waals surface area contributed by atoms with Crippen molar-refractivity contribution in [2.24, 2.45) is 0 Å². The van der Waals surface area contributed by atoms with Crippen molar-refractivity contribution in [2.75, 3.05) is 0 Å². The van der Waals surface area contributed by atoms with Crippen LogP contribution in [0, 0.1) is 5.82 Å². The first-order valence-electron chi connectivity index (χ1n) is 5.07. The first-order valence-corrected chi connectivity index (χ1v) is 7.36. The predicted molar refractivity (Wildman–Crippen MR) is 78.3 cm³/mol. The Bertz CT molecular complexity index is 575. The Morgan fingerprint density at radius 3 is 2.56 bits per heavy atom. The largest absolute Gasteiger partial charge is 0.456 e. The quantitative estimate of drug-likeness (QED) is 0.587. The standard InChI is InChI=1S/C13H8Br2ClFO/c14-7-8-1-4-13(10(15)5-8)18-9-2-3-12(17)11(16)6-9/h1-6H,7H2. The van der Waals surface area contributed by atoms with E-state index in [1.54, 1.807) is 0 Å². The van der Waals surface area contributed by atoms with Gasteiger partial charge >= 0.3 is 0 Å². The summed E-state index contributed by atoms with van der Waals surface area (Å²) in [6.07, 6.45) is 0. The van der Waals surface area contributed by atoms with Crippen LogP contribution in [0.5, 0.6) is 11.5 Å². The lowest BCUT2D eigenvalue weighted by Gasteiger charge is -2.09. The first-order chi connectivity index (χ1) is 8.60. The minimum absolute atomic E-state index is 0.0423. The summed E-state index contributed by atoms with van der Waals surface area (Å²) in [5.74, 6) is 0.689. The number of halogens is 4. The van der Waals surface area contributed by atoms with Crippen molar-refractivity contribution in [2.45, 2.75) is 5.33 Å². The highest BCUT2D eigenvalue weighted by Gasteiger charge is 2.06. The third-order valence-corrected chi connectivity index (χ3v) is 3.83. The molecule has 94 valence electrons. The highest BCUT2D eigenvalue weighted by atomic mass is 79.9. The second kappa shape index (κ2) is 6.04. The van der Waals surface area contributed by atoms with Crippen LogP contribution in [0.3, 0.4) is 0 Å². The van der Waals surface area contributed by atoms with Gasteiger partial charge in [-0.2, -0.15) is 0 Å². The molecule has 5 heteroatoms. The molecule has 0 aliphatic heterocycles. The summed E-state index contributed by atoms with van der Waals surface area (Å²) in [4.78, 5) is 0. The summed E-state index contributed by atoms with van der Waals surface area (Å²) < 4.78 is 19.5. The molecule has 0 fully saturated rings. The van der Waals surface area contributed by atoms with Crippen molar-refractivity contribution in [3.8, 4) is 11.5 Å². The molecule has 18 heavy (non-hydrogen) atoms. The molecular formula is C13H8Br2ClFO. The molecule has 0 bridgehead atoms. The first kappa shape index (κ1) is 13.8. The average Bonchev–Trinajstić information content (AvgIpc) is 2.36. The molecule has 0 N–H and O–H groups in total. The summed E-state index contributed by atoms with van der Waals surface area (Å²) in [7, 11) is 0. The molecule has 0 aromatic heterocycles. The maximum absolute atomic E-state index is 13.0. The normalized spacial score (nSPS) is 10.4. The Morgan fingerprint density at radius 1 is 1.17 bits per heavy atom. The fourth-order valence-electron chi connectivity index (χ4n) is 1.38. The lowest BCUT2D eigenvalue weighted by molar-refractivity contribution is 0.477. The van der Waals surface area contributed by atoms with Crippen molar-refractivity contribution in [3.63, 3.8) is 0 Å². The number of alkyl halides is 1. The summed E-state index contributed by atoms with van der Waals surface area (Å²) in [5.41, 5.74) is 1.13. The van der Waals surface area contributed by atoms with Crippen LogP contribution in [-0.2, 0) is 5.33 Å². The monoisotopic (exact) mass is 392 g/mol. The minimum Gasteiger partial charge on any atom is -0.456 e. The van der Waals surface area contributed by atoms with Crippen LogP contribution in [0.2, 0.25) is 5.02 Å². The van der Waals surface area contributed by atoms with E-state index in [0.717, 1.165) is 15.4 Å². The van der Waals surface area contributed by atoms with Crippen molar-refractivity contribution in [1.82, 2.24) is 0 Å². The molecule has 0 saturated carbocycles. The van der Waals surface area contributed by atoms with Gasteiger partial charge in [-0.15, -0.1) is 0 Å². The molecule has 0 atom stereocenters. The maximum atomic E-state index is 13.0. The van der Waals surface area contributed by atoms with Gasteiger partial charge in [0.2, 0.25) is 0 Å². The van der Waals surface area contributed by atoms with Crippen molar-refractivity contribution in [3.05, 3.63) is 57.3 Å². The topological polar surface area (TPSA) is 9.23 Å². The molecule has 1 nitrogen and oxygen atoms in total. The van der Waals surface area contributed by atoms with Gasteiger partial charge in [-0.3, -0.25) is 0 Å². The fourth-order valence-corrected chi connectivity index (χ4v) is 2.40. The van der Waals surface area contributed by atoms with Crippen LogP contribution in [0.15, 0.2) is 40.9 Å². The molecule has 0 spiro atoms. The van der Waals surface area contributed by atoms with Crippen LogP contribution >= 0.6 is 43.5 Å². The van der Waals surface area contributed by atoms with Crippen LogP contribution in [0.25, 0.3) is 0 Å². The van der Waals surface area contributed by atoms with Crippen molar-refractivity contribution < 1.29 is 9.13 Å². The Kier molecular flexibility index (Phi) is 4.65. The molecule has 0 heterocycles. The third kappa shape index (κ3) is 3.25. The van der Waals surface area contributed by atoms with Gasteiger partial charge in [-0.25, -0.2) is 4.39 Å². The van der Waals surface area contributed by atoms with Gasteiger partial charge in [0.25, 0.3) is 0 Å². The molecule has 0 radical (unpaired) electrons. The van der Waals surface area contributed by atoms with Crippen LogP contribution < -0.4 is 4.74 Å². The number of ether oxygens (including phenoxy) is 1. The van der Waals surface area contributed by atoms with E-state index < -0.39 is 5.82 Å². The number of rotatable bonds is 3. The number of hydrogen-bond donors (Lipinski definition) is 0. The number of hydrogen-bond acceptors (Lipinski definition) is 1. The summed E-state index contributed by atoms with van der Waals surface area (Å²) in [6.45, 7) is 0. The average molecular weight is 394 g/mol. The molecule has 0 amide bonds. The summed E-state index contributed by atoms with van der Waals surface area (Å²) in [5, 5.41) is 0.814. The summed E-state index contributed by atoms with van der Waals surface area (Å²) in [6, 6.07) is 10.00. The highest BCUT2D eigenvalue weighted by molar-refractivity contribution is 9.10. The summed E-state index contributed by atoms with van der Waals surface area (Å²) >= 11 is 12.5. The second-order valence-electron chi connectivity index (χ2n) is 3.58. The molecule has 2 aromatic carbocycles. The van der Waals surface area contributed by atoms with Crippen LogP contribution in [-0.4, -0.2) is 0 Å². The van der Waals surface area contributed by atoms with E-state index in [0.29, 0.717) is 11.5 Å². The van der Waals surface area contributed by atoms with Gasteiger partial charge in [-0.1, -0.05) is 33.6 Å². The van der Waals surface area contributed by atoms with Gasteiger partial charge in [0.15, 0.2) is 0 Å². The SMILES string of the molecule is Fc1ccc(Oc2ccc(CBr)cc2Br)cc1Cl. The van der Waals surface area contributed by atoms with Gasteiger partial charge in [0.05, 0.1) is 9.50 Å². The number of benzene rings is 2. The van der Waals surface area contributed by atoms with E-state index in [1.807, 2.05) is 18.2 Å². The predicted octanol–water partition coefficient (Wildman–Crippen LogP) is 5.93. The molecule has 0 aliphatic rings. The smallest absolute Gasteiger partial charge is 0.142 e. The fraction of sp³-hybridized carbons (Fsp3) is 0.0769. The van der Waals surface area contributed by atoms with Crippen LogP contribution in [0.1, 0.15) is 5.56 Å². The Hall–Kier alpha value is -0.580. The second-order valence-corrected chi connectivity index (χ2v) is 5.40.